The molecule has 0 bridgehead atoms. The largest absolute Gasteiger partial charge is 0.378 e. The maximum Gasteiger partial charge on any atom is 0.129 e. The first-order valence-corrected chi connectivity index (χ1v) is 6.93. The fourth-order valence-corrected chi connectivity index (χ4v) is 2.55. The van der Waals surface area contributed by atoms with Crippen molar-refractivity contribution >= 4 is 28.3 Å². The van der Waals surface area contributed by atoms with E-state index >= 15 is 0 Å². The molecule has 2 aromatic carbocycles. The highest BCUT2D eigenvalue weighted by atomic mass is 35.5. The summed E-state index contributed by atoms with van der Waals surface area (Å²) >= 11 is 5.88. The fraction of sp³-hybridized carbons (Fsp3) is 0.188. The van der Waals surface area contributed by atoms with Gasteiger partial charge in [0.1, 0.15) is 5.82 Å². The molecule has 3 rings (SSSR count). The maximum atomic E-state index is 5.88. The second-order valence-corrected chi connectivity index (χ2v) is 5.33. The molecule has 3 aromatic rings. The van der Waals surface area contributed by atoms with Gasteiger partial charge in [-0.05, 0) is 42.8 Å². The Morgan fingerprint density at radius 1 is 1.15 bits per heavy atom. The molecule has 0 fully saturated rings. The van der Waals surface area contributed by atoms with Crippen LogP contribution in [0.1, 0.15) is 11.4 Å². The second kappa shape index (κ2) is 5.17. The molecule has 0 aliphatic carbocycles. The normalized spacial score (nSPS) is 10.9. The Bertz CT molecular complexity index is 744. The Balaban J connectivity index is 1.86. The predicted molar refractivity (Wildman–Crippen MR) is 84.2 cm³/mol. The lowest BCUT2D eigenvalue weighted by atomic mass is 10.2. The van der Waals surface area contributed by atoms with Crippen molar-refractivity contribution in [1.29, 1.82) is 0 Å². The summed E-state index contributed by atoms with van der Waals surface area (Å²) in [6, 6.07) is 13.9. The number of aromatic nitrogens is 2. The maximum absolute atomic E-state index is 5.88. The van der Waals surface area contributed by atoms with Crippen molar-refractivity contribution in [3.8, 4) is 0 Å². The molecule has 20 heavy (non-hydrogen) atoms. The lowest BCUT2D eigenvalue weighted by Crippen LogP contribution is -2.06. The number of para-hydroxylation sites is 1. The molecule has 0 radical (unpaired) electrons. The molecule has 0 aliphatic rings. The van der Waals surface area contributed by atoms with Crippen molar-refractivity contribution in [1.82, 2.24) is 9.55 Å². The summed E-state index contributed by atoms with van der Waals surface area (Å²) in [7, 11) is 2.06. The van der Waals surface area contributed by atoms with Gasteiger partial charge in [0.2, 0.25) is 0 Å². The average molecular weight is 286 g/mol. The zero-order chi connectivity index (χ0) is 14.1. The second-order valence-electron chi connectivity index (χ2n) is 4.89. The number of fused-ring (bicyclic) bond motifs is 1. The molecule has 0 saturated carbocycles. The number of nitrogens with one attached hydrogen (secondary N) is 1. The topological polar surface area (TPSA) is 29.9 Å². The SMILES string of the molecule is Cc1cccc2nc(CNc3ccc(Cl)cc3)n(C)c12. The van der Waals surface area contributed by atoms with E-state index in [1.165, 1.54) is 11.1 Å². The van der Waals surface area contributed by atoms with Crippen LogP contribution in [0.5, 0.6) is 0 Å². The Labute approximate surface area is 123 Å². The Morgan fingerprint density at radius 3 is 2.60 bits per heavy atom. The van der Waals surface area contributed by atoms with Crippen LogP contribution in [0.25, 0.3) is 11.0 Å². The van der Waals surface area contributed by atoms with Gasteiger partial charge in [-0.3, -0.25) is 0 Å². The minimum Gasteiger partial charge on any atom is -0.378 e. The first-order chi connectivity index (χ1) is 9.65. The van der Waals surface area contributed by atoms with Crippen LogP contribution in [0.15, 0.2) is 42.5 Å². The molecule has 4 heteroatoms. The van der Waals surface area contributed by atoms with Crippen molar-refractivity contribution in [2.75, 3.05) is 5.32 Å². The Hall–Kier alpha value is -2.00. The van der Waals surface area contributed by atoms with Gasteiger partial charge in [0.25, 0.3) is 0 Å². The number of halogens is 1. The summed E-state index contributed by atoms with van der Waals surface area (Å²) in [6.45, 7) is 2.80. The molecule has 1 heterocycles. The third kappa shape index (κ3) is 2.37. The quantitative estimate of drug-likeness (QED) is 0.783. The van der Waals surface area contributed by atoms with Crippen LogP contribution in [0.3, 0.4) is 0 Å². The first kappa shape index (κ1) is 13.0. The highest BCUT2D eigenvalue weighted by Gasteiger charge is 2.08. The highest BCUT2D eigenvalue weighted by Crippen LogP contribution is 2.20. The predicted octanol–water partition coefficient (Wildman–Crippen LogP) is 4.15. The zero-order valence-electron chi connectivity index (χ0n) is 11.5. The molecule has 0 amide bonds. The van der Waals surface area contributed by atoms with Crippen LogP contribution >= 0.6 is 11.6 Å². The van der Waals surface area contributed by atoms with Gasteiger partial charge in [0, 0.05) is 17.8 Å². The summed E-state index contributed by atoms with van der Waals surface area (Å²) in [6.07, 6.45) is 0. The number of anilines is 1. The lowest BCUT2D eigenvalue weighted by molar-refractivity contribution is 0.833. The molecule has 0 spiro atoms. The van der Waals surface area contributed by atoms with Crippen LogP contribution in [0.2, 0.25) is 5.02 Å². The van der Waals surface area contributed by atoms with E-state index in [1.54, 1.807) is 0 Å². The lowest BCUT2D eigenvalue weighted by Gasteiger charge is -2.07. The van der Waals surface area contributed by atoms with Gasteiger partial charge in [-0.2, -0.15) is 0 Å². The van der Waals surface area contributed by atoms with Gasteiger partial charge >= 0.3 is 0 Å². The van der Waals surface area contributed by atoms with Gasteiger partial charge in [0.05, 0.1) is 17.6 Å². The van der Waals surface area contributed by atoms with E-state index in [0.29, 0.717) is 6.54 Å². The molecule has 0 atom stereocenters. The third-order valence-electron chi connectivity index (χ3n) is 3.48. The number of hydrogen-bond acceptors (Lipinski definition) is 2. The van der Waals surface area contributed by atoms with Gasteiger partial charge in [-0.25, -0.2) is 4.98 Å². The average Bonchev–Trinajstić information content (AvgIpc) is 2.76. The molecular weight excluding hydrogens is 270 g/mol. The molecule has 0 aliphatic heterocycles. The number of aryl methyl sites for hydroxylation is 2. The standard InChI is InChI=1S/C16H16ClN3/c1-11-4-3-5-14-16(11)20(2)15(19-14)10-18-13-8-6-12(17)7-9-13/h3-9,18H,10H2,1-2H3. The Kier molecular flexibility index (Phi) is 3.36. The number of nitrogens with zero attached hydrogens (tertiary/aromatic N) is 2. The molecule has 1 N–H and O–H groups in total. The number of benzene rings is 2. The molecule has 1 aromatic heterocycles. The van der Waals surface area contributed by atoms with E-state index in [2.05, 4.69) is 34.9 Å². The number of rotatable bonds is 3. The van der Waals surface area contributed by atoms with Crippen LogP contribution in [-0.2, 0) is 13.6 Å². The molecule has 3 nitrogen and oxygen atoms in total. The zero-order valence-corrected chi connectivity index (χ0v) is 12.3. The summed E-state index contributed by atoms with van der Waals surface area (Å²) in [5.74, 6) is 1.02. The third-order valence-corrected chi connectivity index (χ3v) is 3.74. The molecule has 0 saturated heterocycles. The van der Waals surface area contributed by atoms with E-state index in [9.17, 15) is 0 Å². The highest BCUT2D eigenvalue weighted by molar-refractivity contribution is 6.30. The van der Waals surface area contributed by atoms with Gasteiger partial charge in [-0.15, -0.1) is 0 Å². The van der Waals surface area contributed by atoms with Crippen molar-refractivity contribution in [3.63, 3.8) is 0 Å². The van der Waals surface area contributed by atoms with E-state index < -0.39 is 0 Å². The summed E-state index contributed by atoms with van der Waals surface area (Å²) in [5, 5.41) is 4.11. The number of hydrogen-bond donors (Lipinski definition) is 1. The minimum absolute atomic E-state index is 0.687. The van der Waals surface area contributed by atoms with E-state index in [0.717, 1.165) is 22.1 Å². The van der Waals surface area contributed by atoms with Crippen molar-refractivity contribution in [3.05, 3.63) is 58.9 Å². The van der Waals surface area contributed by atoms with Gasteiger partial charge in [0.15, 0.2) is 0 Å². The fourth-order valence-electron chi connectivity index (χ4n) is 2.42. The van der Waals surface area contributed by atoms with Crippen LogP contribution in [0, 0.1) is 6.92 Å². The van der Waals surface area contributed by atoms with Gasteiger partial charge in [-0.1, -0.05) is 23.7 Å². The first-order valence-electron chi connectivity index (χ1n) is 6.55. The molecule has 0 unspecified atom stereocenters. The van der Waals surface area contributed by atoms with E-state index in [4.69, 9.17) is 11.6 Å². The summed E-state index contributed by atoms with van der Waals surface area (Å²) in [5.41, 5.74) is 4.52. The van der Waals surface area contributed by atoms with E-state index in [-0.39, 0.29) is 0 Å². The van der Waals surface area contributed by atoms with Crippen molar-refractivity contribution in [2.45, 2.75) is 13.5 Å². The van der Waals surface area contributed by atoms with Crippen molar-refractivity contribution in [2.24, 2.45) is 7.05 Å². The monoisotopic (exact) mass is 285 g/mol. The molecular formula is C16H16ClN3. The van der Waals surface area contributed by atoms with Crippen LogP contribution in [-0.4, -0.2) is 9.55 Å². The Morgan fingerprint density at radius 2 is 1.90 bits per heavy atom. The number of imidazole rings is 1. The van der Waals surface area contributed by atoms with Crippen LogP contribution < -0.4 is 5.32 Å². The summed E-state index contributed by atoms with van der Waals surface area (Å²) in [4.78, 5) is 4.68. The minimum atomic E-state index is 0.687. The van der Waals surface area contributed by atoms with Crippen LogP contribution in [0.4, 0.5) is 5.69 Å². The smallest absolute Gasteiger partial charge is 0.129 e. The van der Waals surface area contributed by atoms with E-state index in [1.807, 2.05) is 36.4 Å². The molecule has 102 valence electrons. The van der Waals surface area contributed by atoms with Gasteiger partial charge < -0.3 is 9.88 Å². The summed E-state index contributed by atoms with van der Waals surface area (Å²) < 4.78 is 2.15. The van der Waals surface area contributed by atoms with Crippen molar-refractivity contribution < 1.29 is 0 Å².